The van der Waals surface area contributed by atoms with Gasteiger partial charge < -0.3 is 9.47 Å². The summed E-state index contributed by atoms with van der Waals surface area (Å²) in [6.45, 7) is 5.28. The third-order valence-corrected chi connectivity index (χ3v) is 7.79. The summed E-state index contributed by atoms with van der Waals surface area (Å²) in [7, 11) is 0. The van der Waals surface area contributed by atoms with Gasteiger partial charge in [0.1, 0.15) is 0 Å². The minimum Gasteiger partial charge on any atom is -0.462 e. The van der Waals surface area contributed by atoms with E-state index < -0.39 is 11.9 Å². The number of esters is 2. The van der Waals surface area contributed by atoms with Gasteiger partial charge in [0.05, 0.1) is 24.3 Å². The highest BCUT2D eigenvalue weighted by molar-refractivity contribution is 9.08. The highest BCUT2D eigenvalue weighted by atomic mass is 79.9. The summed E-state index contributed by atoms with van der Waals surface area (Å²) in [6.07, 6.45) is 24.7. The molecule has 1 rings (SSSR count). The third-order valence-electron chi connectivity index (χ3n) is 7.14. The van der Waals surface area contributed by atoms with Crippen LogP contribution in [0.3, 0.4) is 0 Å². The van der Waals surface area contributed by atoms with Crippen LogP contribution >= 0.6 is 15.9 Å². The van der Waals surface area contributed by atoms with Crippen molar-refractivity contribution in [2.75, 3.05) is 13.2 Å². The van der Waals surface area contributed by atoms with Crippen LogP contribution in [0.4, 0.5) is 0 Å². The summed E-state index contributed by atoms with van der Waals surface area (Å²) < 4.78 is 11.1. The number of ether oxygens (including phenoxy) is 2. The Morgan fingerprint density at radius 1 is 0.553 bits per heavy atom. The molecule has 1 aromatic rings. The van der Waals surface area contributed by atoms with Crippen molar-refractivity contribution in [2.45, 2.75) is 148 Å². The molecule has 38 heavy (non-hydrogen) atoms. The molecule has 0 unspecified atom stereocenters. The van der Waals surface area contributed by atoms with Crippen molar-refractivity contribution < 1.29 is 19.1 Å². The van der Waals surface area contributed by atoms with Gasteiger partial charge in [0, 0.05) is 5.33 Å². The molecule has 0 aromatic heterocycles. The first-order valence-corrected chi connectivity index (χ1v) is 16.8. The minimum absolute atomic E-state index is 0.301. The third kappa shape index (κ3) is 17.3. The Kier molecular flexibility index (Phi) is 22.5. The van der Waals surface area contributed by atoms with E-state index >= 15 is 0 Å². The van der Waals surface area contributed by atoms with Gasteiger partial charge in [-0.3, -0.25) is 0 Å². The number of unbranched alkanes of at least 4 members (excludes halogenated alkanes) is 18. The highest BCUT2D eigenvalue weighted by Crippen LogP contribution is 2.18. The molecule has 0 heterocycles. The predicted molar refractivity (Wildman–Crippen MR) is 163 cm³/mol. The molecule has 0 bridgehead atoms. The lowest BCUT2D eigenvalue weighted by Crippen LogP contribution is -2.15. The maximum absolute atomic E-state index is 12.8. The van der Waals surface area contributed by atoms with E-state index in [4.69, 9.17) is 9.47 Å². The lowest BCUT2D eigenvalue weighted by atomic mass is 10.0. The Balaban J connectivity index is 2.30. The van der Waals surface area contributed by atoms with Crippen LogP contribution in [0.25, 0.3) is 0 Å². The number of carbonyl (C=O) groups excluding carboxylic acids is 2. The van der Waals surface area contributed by atoms with Gasteiger partial charge in [-0.25, -0.2) is 9.59 Å². The van der Waals surface area contributed by atoms with Gasteiger partial charge in [0.15, 0.2) is 0 Å². The van der Waals surface area contributed by atoms with Crippen molar-refractivity contribution in [1.29, 1.82) is 0 Å². The van der Waals surface area contributed by atoms with Gasteiger partial charge >= 0.3 is 11.9 Å². The predicted octanol–water partition coefficient (Wildman–Crippen LogP) is 10.7. The fraction of sp³-hybridized carbons (Fsp3) is 0.758. The maximum Gasteiger partial charge on any atom is 0.339 e. The Bertz CT molecular complexity index is 734. The van der Waals surface area contributed by atoms with Gasteiger partial charge in [-0.1, -0.05) is 151 Å². The lowest BCUT2D eigenvalue weighted by molar-refractivity contribution is 0.0450. The van der Waals surface area contributed by atoms with Crippen LogP contribution < -0.4 is 0 Å². The fourth-order valence-electron chi connectivity index (χ4n) is 4.69. The summed E-state index contributed by atoms with van der Waals surface area (Å²) in [5.41, 5.74) is 1.54. The monoisotopic (exact) mass is 594 g/mol. The molecule has 1 aromatic carbocycles. The first-order valence-electron chi connectivity index (χ1n) is 15.7. The second-order valence-electron chi connectivity index (χ2n) is 10.6. The summed E-state index contributed by atoms with van der Waals surface area (Å²) in [6, 6.07) is 5.28. The molecule has 0 aliphatic carbocycles. The molecule has 0 fully saturated rings. The Morgan fingerprint density at radius 3 is 1.32 bits per heavy atom. The molecule has 0 saturated carbocycles. The number of benzene rings is 1. The zero-order valence-electron chi connectivity index (χ0n) is 24.5. The van der Waals surface area contributed by atoms with Crippen molar-refractivity contribution in [3.05, 3.63) is 34.9 Å². The van der Waals surface area contributed by atoms with E-state index in [1.54, 1.807) is 12.1 Å². The molecular weight excluding hydrogens is 540 g/mol. The Morgan fingerprint density at radius 2 is 0.921 bits per heavy atom. The van der Waals surface area contributed by atoms with E-state index in [1.807, 2.05) is 6.07 Å². The van der Waals surface area contributed by atoms with Crippen molar-refractivity contribution in [1.82, 2.24) is 0 Å². The minimum atomic E-state index is -0.437. The Hall–Kier alpha value is -1.36. The topological polar surface area (TPSA) is 52.6 Å². The van der Waals surface area contributed by atoms with Gasteiger partial charge in [0.25, 0.3) is 0 Å². The average Bonchev–Trinajstić information content (AvgIpc) is 2.94. The number of halogens is 1. The van der Waals surface area contributed by atoms with Crippen LogP contribution in [0.5, 0.6) is 0 Å². The smallest absolute Gasteiger partial charge is 0.339 e. The van der Waals surface area contributed by atoms with Crippen molar-refractivity contribution in [3.63, 3.8) is 0 Å². The summed E-state index contributed by atoms with van der Waals surface area (Å²) in [4.78, 5) is 25.6. The van der Waals surface area contributed by atoms with E-state index in [0.717, 1.165) is 31.2 Å². The van der Waals surface area contributed by atoms with E-state index in [0.29, 0.717) is 29.7 Å². The molecule has 0 radical (unpaired) electrons. The molecule has 218 valence electrons. The number of alkyl halides is 1. The van der Waals surface area contributed by atoms with Crippen molar-refractivity contribution in [3.8, 4) is 0 Å². The Labute approximate surface area is 242 Å². The first-order chi connectivity index (χ1) is 18.6. The molecule has 0 N–H and O–H groups in total. The second-order valence-corrected chi connectivity index (χ2v) is 11.2. The standard InChI is InChI=1S/C33H55BrO4/c1-3-5-7-9-11-13-15-17-19-21-25-37-32(35)30-24-23-29(28-34)27-31(30)33(36)38-26-22-20-18-16-14-12-10-8-6-4-2/h23-24,27H,3-22,25-26,28H2,1-2H3. The summed E-state index contributed by atoms with van der Waals surface area (Å²) in [5.74, 6) is -0.873. The fourth-order valence-corrected chi connectivity index (χ4v) is 5.03. The van der Waals surface area contributed by atoms with Crippen molar-refractivity contribution in [2.24, 2.45) is 0 Å². The maximum atomic E-state index is 12.8. The quantitative estimate of drug-likeness (QED) is 0.0641. The first kappa shape index (κ1) is 34.7. The van der Waals surface area contributed by atoms with Crippen LogP contribution in [0.15, 0.2) is 18.2 Å². The molecule has 0 atom stereocenters. The number of hydrogen-bond donors (Lipinski definition) is 0. The molecule has 0 spiro atoms. The number of carbonyl (C=O) groups is 2. The molecule has 0 aliphatic rings. The largest absolute Gasteiger partial charge is 0.462 e. The van der Waals surface area contributed by atoms with Gasteiger partial charge in [-0.15, -0.1) is 0 Å². The zero-order valence-corrected chi connectivity index (χ0v) is 26.1. The van der Waals surface area contributed by atoms with E-state index in [2.05, 4.69) is 29.8 Å². The van der Waals surface area contributed by atoms with Crippen LogP contribution in [-0.2, 0) is 14.8 Å². The molecule has 0 amide bonds. The van der Waals surface area contributed by atoms with Gasteiger partial charge in [-0.2, -0.15) is 0 Å². The average molecular weight is 596 g/mol. The van der Waals surface area contributed by atoms with Crippen LogP contribution in [0, 0.1) is 0 Å². The molecule has 0 saturated heterocycles. The highest BCUT2D eigenvalue weighted by Gasteiger charge is 2.20. The molecular formula is C33H55BrO4. The van der Waals surface area contributed by atoms with Crippen LogP contribution in [-0.4, -0.2) is 25.2 Å². The second kappa shape index (κ2) is 24.7. The van der Waals surface area contributed by atoms with Gasteiger partial charge in [-0.05, 0) is 30.5 Å². The number of rotatable bonds is 25. The lowest BCUT2D eigenvalue weighted by Gasteiger charge is -2.11. The summed E-state index contributed by atoms with van der Waals surface area (Å²) >= 11 is 3.44. The normalized spacial score (nSPS) is 11.0. The number of hydrogen-bond acceptors (Lipinski definition) is 4. The SMILES string of the molecule is CCCCCCCCCCCCOC(=O)c1ccc(CBr)cc1C(=O)OCCCCCCCCCCCC. The van der Waals surface area contributed by atoms with Crippen LogP contribution in [0.1, 0.15) is 169 Å². The molecule has 5 heteroatoms. The van der Waals surface area contributed by atoms with E-state index in [9.17, 15) is 9.59 Å². The van der Waals surface area contributed by atoms with E-state index in [1.165, 1.54) is 103 Å². The van der Waals surface area contributed by atoms with E-state index in [-0.39, 0.29) is 0 Å². The van der Waals surface area contributed by atoms with Crippen molar-refractivity contribution >= 4 is 27.9 Å². The molecule has 4 nitrogen and oxygen atoms in total. The van der Waals surface area contributed by atoms with Crippen LogP contribution in [0.2, 0.25) is 0 Å². The summed E-state index contributed by atoms with van der Waals surface area (Å²) in [5, 5.41) is 0.611. The zero-order chi connectivity index (χ0) is 27.7. The van der Waals surface area contributed by atoms with Gasteiger partial charge in [0.2, 0.25) is 0 Å². The molecule has 0 aliphatic heterocycles.